The number of aliphatic hydroxyl groups is 1. The number of nitrogens with one attached hydrogen (secondary N) is 2. The molecule has 0 spiro atoms. The van der Waals surface area contributed by atoms with Gasteiger partial charge in [-0.05, 0) is 44.0 Å². The topological polar surface area (TPSA) is 142 Å². The lowest BCUT2D eigenvalue weighted by Crippen LogP contribution is -2.44. The van der Waals surface area contributed by atoms with Gasteiger partial charge in [-0.25, -0.2) is 13.2 Å². The first-order valence-corrected chi connectivity index (χ1v) is 10.5. The Morgan fingerprint density at radius 1 is 1.24 bits per heavy atom. The van der Waals surface area contributed by atoms with Crippen molar-refractivity contribution in [3.63, 3.8) is 0 Å². The van der Waals surface area contributed by atoms with Crippen LogP contribution in [0.4, 0.5) is 4.79 Å². The molecule has 1 aliphatic rings. The number of carbonyl (C=O) groups is 3. The third-order valence-electron chi connectivity index (χ3n) is 4.53. The van der Waals surface area contributed by atoms with Gasteiger partial charge in [0.05, 0.1) is 11.0 Å². The van der Waals surface area contributed by atoms with Crippen LogP contribution in [0, 0.1) is 13.8 Å². The van der Waals surface area contributed by atoms with Crippen molar-refractivity contribution in [1.82, 2.24) is 14.9 Å². The van der Waals surface area contributed by atoms with E-state index in [1.165, 1.54) is 12.1 Å². The maximum atomic E-state index is 13.0. The highest BCUT2D eigenvalue weighted by atomic mass is 32.2. The molecule has 3 N–H and O–H groups in total. The maximum Gasteiger partial charge on any atom is 0.325 e. The third kappa shape index (κ3) is 5.52. The molecule has 1 heterocycles. The molecule has 0 aliphatic carbocycles. The van der Waals surface area contributed by atoms with Gasteiger partial charge in [0.25, 0.3) is 5.91 Å². The van der Waals surface area contributed by atoms with E-state index in [1.54, 1.807) is 19.9 Å². The molecule has 11 heteroatoms. The molecule has 1 aromatic rings. The Morgan fingerprint density at radius 3 is 2.55 bits per heavy atom. The standard InChI is InChI=1S/C18H25N3O7S/c1-4-19-18(25)20-16(23)10-28-17(24)15-8-13(22)9-21(15)29(26,27)14-6-5-11(2)12(3)7-14/h5-7,13,15,22H,4,8-10H2,1-3H3,(H2,19,20,23,25). The maximum absolute atomic E-state index is 13.0. The van der Waals surface area contributed by atoms with E-state index in [0.29, 0.717) is 6.54 Å². The second-order valence-corrected chi connectivity index (χ2v) is 8.63. The number of aryl methyl sites for hydroxylation is 2. The number of amides is 3. The number of hydrogen-bond acceptors (Lipinski definition) is 7. The fraction of sp³-hybridized carbons (Fsp3) is 0.500. The van der Waals surface area contributed by atoms with Crippen molar-refractivity contribution in [2.45, 2.75) is 44.2 Å². The number of benzene rings is 1. The van der Waals surface area contributed by atoms with Crippen LogP contribution < -0.4 is 10.6 Å². The zero-order valence-corrected chi connectivity index (χ0v) is 17.3. The second kappa shape index (κ2) is 9.33. The van der Waals surface area contributed by atoms with Crippen LogP contribution in [-0.4, -0.2) is 67.6 Å². The normalized spacial score (nSPS) is 19.6. The molecule has 2 atom stereocenters. The Morgan fingerprint density at radius 2 is 1.93 bits per heavy atom. The van der Waals surface area contributed by atoms with Crippen molar-refractivity contribution in [3.05, 3.63) is 29.3 Å². The van der Waals surface area contributed by atoms with Gasteiger partial charge in [0.2, 0.25) is 10.0 Å². The molecule has 0 aromatic heterocycles. The van der Waals surface area contributed by atoms with E-state index in [4.69, 9.17) is 4.74 Å². The lowest BCUT2D eigenvalue weighted by molar-refractivity contribution is -0.151. The van der Waals surface area contributed by atoms with Crippen molar-refractivity contribution in [3.8, 4) is 0 Å². The van der Waals surface area contributed by atoms with Gasteiger partial charge >= 0.3 is 12.0 Å². The Kier molecular flexibility index (Phi) is 7.33. The molecule has 29 heavy (non-hydrogen) atoms. The van der Waals surface area contributed by atoms with Gasteiger partial charge in [-0.2, -0.15) is 4.31 Å². The molecule has 0 saturated carbocycles. The van der Waals surface area contributed by atoms with E-state index in [2.05, 4.69) is 5.32 Å². The first kappa shape index (κ1) is 22.8. The molecular formula is C18H25N3O7S. The van der Waals surface area contributed by atoms with Crippen molar-refractivity contribution >= 4 is 27.9 Å². The molecule has 1 saturated heterocycles. The van der Waals surface area contributed by atoms with Gasteiger partial charge in [0, 0.05) is 19.5 Å². The Hall–Kier alpha value is -2.50. The predicted molar refractivity (Wildman–Crippen MR) is 102 cm³/mol. The Labute approximate surface area is 169 Å². The molecule has 0 bridgehead atoms. The first-order chi connectivity index (χ1) is 13.6. The number of rotatable bonds is 6. The van der Waals surface area contributed by atoms with E-state index < -0.39 is 46.7 Å². The fourth-order valence-corrected chi connectivity index (χ4v) is 4.59. The summed E-state index contributed by atoms with van der Waals surface area (Å²) >= 11 is 0. The summed E-state index contributed by atoms with van der Waals surface area (Å²) in [4.78, 5) is 35.3. The van der Waals surface area contributed by atoms with Crippen LogP contribution in [0.5, 0.6) is 0 Å². The number of carbonyl (C=O) groups excluding carboxylic acids is 3. The lowest BCUT2D eigenvalue weighted by Gasteiger charge is -2.22. The van der Waals surface area contributed by atoms with Crippen LogP contribution in [0.25, 0.3) is 0 Å². The summed E-state index contributed by atoms with van der Waals surface area (Å²) in [7, 11) is -4.06. The highest BCUT2D eigenvalue weighted by Crippen LogP contribution is 2.28. The molecule has 1 aliphatic heterocycles. The smallest absolute Gasteiger partial charge is 0.325 e. The van der Waals surface area contributed by atoms with E-state index >= 15 is 0 Å². The zero-order valence-electron chi connectivity index (χ0n) is 16.5. The molecule has 2 unspecified atom stereocenters. The zero-order chi connectivity index (χ0) is 21.8. The lowest BCUT2D eigenvalue weighted by atomic mass is 10.1. The summed E-state index contributed by atoms with van der Waals surface area (Å²) in [5.41, 5.74) is 1.69. The van der Waals surface area contributed by atoms with Crippen molar-refractivity contribution in [1.29, 1.82) is 0 Å². The van der Waals surface area contributed by atoms with E-state index in [0.717, 1.165) is 15.4 Å². The van der Waals surface area contributed by atoms with E-state index in [9.17, 15) is 27.9 Å². The van der Waals surface area contributed by atoms with Crippen LogP contribution in [-0.2, 0) is 24.3 Å². The molecule has 3 amide bonds. The number of nitrogens with zero attached hydrogens (tertiary/aromatic N) is 1. The van der Waals surface area contributed by atoms with Crippen LogP contribution in [0.1, 0.15) is 24.5 Å². The first-order valence-electron chi connectivity index (χ1n) is 9.07. The Balaban J connectivity index is 2.10. The van der Waals surface area contributed by atoms with Crippen molar-refractivity contribution < 1.29 is 32.6 Å². The minimum Gasteiger partial charge on any atom is -0.454 e. The minimum absolute atomic E-state index is 0.00137. The van der Waals surface area contributed by atoms with Crippen molar-refractivity contribution in [2.24, 2.45) is 0 Å². The van der Waals surface area contributed by atoms with Gasteiger partial charge in [-0.1, -0.05) is 6.07 Å². The monoisotopic (exact) mass is 427 g/mol. The molecular weight excluding hydrogens is 402 g/mol. The number of imide groups is 1. The van der Waals surface area contributed by atoms with Crippen molar-refractivity contribution in [2.75, 3.05) is 19.7 Å². The number of sulfonamides is 1. The van der Waals surface area contributed by atoms with Gasteiger partial charge in [-0.3, -0.25) is 14.9 Å². The number of ether oxygens (including phenoxy) is 1. The summed E-state index contributed by atoms with van der Waals surface area (Å²) in [5.74, 6) is -1.83. The molecule has 1 fully saturated rings. The summed E-state index contributed by atoms with van der Waals surface area (Å²) in [5, 5.41) is 14.3. The average molecular weight is 427 g/mol. The summed E-state index contributed by atoms with van der Waals surface area (Å²) in [6, 6.07) is 2.59. The average Bonchev–Trinajstić information content (AvgIpc) is 3.04. The second-order valence-electron chi connectivity index (χ2n) is 6.74. The van der Waals surface area contributed by atoms with Gasteiger partial charge in [0.15, 0.2) is 6.61 Å². The number of β-amino-alcohol motifs (C(OH)–C–C–N with tert-alkyl or cyclic N) is 1. The number of aliphatic hydroxyl groups excluding tert-OH is 1. The molecule has 10 nitrogen and oxygen atoms in total. The number of esters is 1. The highest BCUT2D eigenvalue weighted by Gasteiger charge is 2.44. The molecule has 1 aromatic carbocycles. The summed E-state index contributed by atoms with van der Waals surface area (Å²) in [6.07, 6.45) is -1.20. The number of hydrogen-bond donors (Lipinski definition) is 3. The van der Waals surface area contributed by atoms with Crippen LogP contribution in [0.3, 0.4) is 0 Å². The quantitative estimate of drug-likeness (QED) is 0.534. The summed E-state index contributed by atoms with van der Waals surface area (Å²) < 4.78 is 31.7. The SMILES string of the molecule is CCNC(=O)NC(=O)COC(=O)C1CC(O)CN1S(=O)(=O)c1ccc(C)c(C)c1. The van der Waals surface area contributed by atoms with Crippen LogP contribution >= 0.6 is 0 Å². The largest absolute Gasteiger partial charge is 0.454 e. The van der Waals surface area contributed by atoms with Gasteiger partial charge in [0.1, 0.15) is 6.04 Å². The number of urea groups is 1. The van der Waals surface area contributed by atoms with E-state index in [-0.39, 0.29) is 17.9 Å². The fourth-order valence-electron chi connectivity index (χ4n) is 2.87. The predicted octanol–water partition coefficient (Wildman–Crippen LogP) is -0.184. The van der Waals surface area contributed by atoms with Gasteiger partial charge in [-0.15, -0.1) is 0 Å². The Bertz CT molecular complexity index is 901. The van der Waals surface area contributed by atoms with E-state index in [1.807, 2.05) is 12.2 Å². The summed E-state index contributed by atoms with van der Waals surface area (Å²) in [6.45, 7) is 4.58. The third-order valence-corrected chi connectivity index (χ3v) is 6.40. The molecule has 0 radical (unpaired) electrons. The highest BCUT2D eigenvalue weighted by molar-refractivity contribution is 7.89. The molecule has 160 valence electrons. The molecule has 2 rings (SSSR count). The van der Waals surface area contributed by atoms with Crippen LogP contribution in [0.2, 0.25) is 0 Å². The van der Waals surface area contributed by atoms with Gasteiger partial charge < -0.3 is 15.2 Å². The minimum atomic E-state index is -4.06. The van der Waals surface area contributed by atoms with Crippen LogP contribution in [0.15, 0.2) is 23.1 Å².